The summed E-state index contributed by atoms with van der Waals surface area (Å²) in [5.41, 5.74) is 3.88. The van der Waals surface area contributed by atoms with E-state index in [0.29, 0.717) is 17.0 Å². The lowest BCUT2D eigenvalue weighted by atomic mass is 10.1. The van der Waals surface area contributed by atoms with Crippen molar-refractivity contribution in [3.05, 3.63) is 70.5 Å². The molecule has 2 aromatic rings. The molecule has 0 aliphatic carbocycles. The molecule has 0 radical (unpaired) electrons. The molecule has 0 saturated heterocycles. The first kappa shape index (κ1) is 16.4. The van der Waals surface area contributed by atoms with E-state index in [4.69, 9.17) is 0 Å². The Labute approximate surface area is 140 Å². The number of hydrogen-bond acceptors (Lipinski definition) is 3. The van der Waals surface area contributed by atoms with E-state index in [1.165, 1.54) is 24.3 Å². The first-order valence-corrected chi connectivity index (χ1v) is 8.89. The highest BCUT2D eigenvalue weighted by atomic mass is 32.2. The van der Waals surface area contributed by atoms with E-state index in [0.717, 1.165) is 16.8 Å². The standard InChI is InChI=1S/C18H17FN2O2S/c1-11-5-4-6-16(12(11)2)20-18-13(3)17(24(22,23)21-18)14-7-9-15(19)10-8-14/h4-10H,1-3H3,(H,20,21). The van der Waals surface area contributed by atoms with Gasteiger partial charge in [0.15, 0.2) is 0 Å². The molecule has 0 bridgehead atoms. The summed E-state index contributed by atoms with van der Waals surface area (Å²) in [6.07, 6.45) is 0. The minimum atomic E-state index is -3.81. The Morgan fingerprint density at radius 1 is 1.00 bits per heavy atom. The van der Waals surface area contributed by atoms with Gasteiger partial charge in [0.05, 0.1) is 0 Å². The Bertz CT molecular complexity index is 975. The van der Waals surface area contributed by atoms with Crippen LogP contribution in [0.4, 0.5) is 10.1 Å². The number of anilines is 1. The number of nitrogens with one attached hydrogen (secondary N) is 1. The van der Waals surface area contributed by atoms with Crippen LogP contribution in [0.5, 0.6) is 0 Å². The van der Waals surface area contributed by atoms with Crippen LogP contribution in [0.1, 0.15) is 23.6 Å². The van der Waals surface area contributed by atoms with Crippen molar-refractivity contribution in [2.75, 3.05) is 5.32 Å². The molecular weight excluding hydrogens is 327 g/mol. The van der Waals surface area contributed by atoms with Crippen molar-refractivity contribution in [3.63, 3.8) is 0 Å². The molecule has 0 saturated carbocycles. The predicted molar refractivity (Wildman–Crippen MR) is 94.9 cm³/mol. The fraction of sp³-hybridized carbons (Fsp3) is 0.167. The third-order valence-corrected chi connectivity index (χ3v) is 5.61. The topological polar surface area (TPSA) is 58.5 Å². The van der Waals surface area contributed by atoms with Crippen LogP contribution in [0.2, 0.25) is 0 Å². The Kier molecular flexibility index (Phi) is 4.01. The third kappa shape index (κ3) is 2.85. The Hall–Kier alpha value is -2.47. The average molecular weight is 344 g/mol. The molecule has 3 rings (SSSR count). The average Bonchev–Trinajstić information content (AvgIpc) is 2.74. The minimum absolute atomic E-state index is 0.107. The molecule has 1 aliphatic heterocycles. The van der Waals surface area contributed by atoms with Crippen molar-refractivity contribution in [1.82, 2.24) is 0 Å². The summed E-state index contributed by atoms with van der Waals surface area (Å²) < 4.78 is 41.8. The fourth-order valence-electron chi connectivity index (χ4n) is 2.63. The lowest BCUT2D eigenvalue weighted by molar-refractivity contribution is 0.608. The largest absolute Gasteiger partial charge is 0.339 e. The second-order valence-electron chi connectivity index (χ2n) is 5.75. The quantitative estimate of drug-likeness (QED) is 0.895. The van der Waals surface area contributed by atoms with Gasteiger partial charge in [-0.3, -0.25) is 0 Å². The maximum Gasteiger partial charge on any atom is 0.285 e. The summed E-state index contributed by atoms with van der Waals surface area (Å²) in [4.78, 5) is 0.107. The van der Waals surface area contributed by atoms with Gasteiger partial charge in [0.2, 0.25) is 0 Å². The molecule has 6 heteroatoms. The van der Waals surface area contributed by atoms with Gasteiger partial charge in [-0.25, -0.2) is 4.39 Å². The van der Waals surface area contributed by atoms with E-state index in [2.05, 4.69) is 9.71 Å². The monoisotopic (exact) mass is 344 g/mol. The van der Waals surface area contributed by atoms with Gasteiger partial charge in [-0.2, -0.15) is 8.42 Å². The van der Waals surface area contributed by atoms with Crippen LogP contribution < -0.4 is 5.32 Å². The van der Waals surface area contributed by atoms with E-state index in [1.807, 2.05) is 32.0 Å². The van der Waals surface area contributed by atoms with Gasteiger partial charge in [0.25, 0.3) is 10.0 Å². The molecular formula is C18H17FN2O2S. The molecule has 1 heterocycles. The van der Waals surface area contributed by atoms with Crippen molar-refractivity contribution < 1.29 is 12.8 Å². The maximum atomic E-state index is 13.1. The van der Waals surface area contributed by atoms with Crippen LogP contribution in [0.3, 0.4) is 0 Å². The molecule has 0 fully saturated rings. The van der Waals surface area contributed by atoms with Crippen LogP contribution in [0.15, 0.2) is 52.4 Å². The zero-order chi connectivity index (χ0) is 17.5. The molecule has 1 N–H and O–H groups in total. The lowest BCUT2D eigenvalue weighted by Gasteiger charge is -2.11. The van der Waals surface area contributed by atoms with E-state index in [-0.39, 0.29) is 4.91 Å². The Balaban J connectivity index is 2.04. The molecule has 0 atom stereocenters. The van der Waals surface area contributed by atoms with Crippen molar-refractivity contribution >= 4 is 26.5 Å². The van der Waals surface area contributed by atoms with Crippen LogP contribution >= 0.6 is 0 Å². The highest BCUT2D eigenvalue weighted by Crippen LogP contribution is 2.33. The zero-order valence-corrected chi connectivity index (χ0v) is 14.4. The SMILES string of the molecule is CC1=C(c2ccc(F)cc2)S(=O)(=O)N=C1Nc1cccc(C)c1C. The number of nitrogens with zero attached hydrogens (tertiary/aromatic N) is 1. The van der Waals surface area contributed by atoms with Crippen molar-refractivity contribution in [2.45, 2.75) is 20.8 Å². The van der Waals surface area contributed by atoms with Crippen LogP contribution in [0.25, 0.3) is 4.91 Å². The molecule has 2 aromatic carbocycles. The van der Waals surface area contributed by atoms with Gasteiger partial charge >= 0.3 is 0 Å². The van der Waals surface area contributed by atoms with Crippen LogP contribution in [0, 0.1) is 19.7 Å². The van der Waals surface area contributed by atoms with Crippen molar-refractivity contribution in [2.24, 2.45) is 4.40 Å². The summed E-state index contributed by atoms with van der Waals surface area (Å²) in [5, 5.41) is 3.11. The number of benzene rings is 2. The lowest BCUT2D eigenvalue weighted by Crippen LogP contribution is -2.12. The normalized spacial score (nSPS) is 16.2. The molecule has 0 aromatic heterocycles. The molecule has 0 unspecified atom stereocenters. The van der Waals surface area contributed by atoms with Gasteiger partial charge in [-0.05, 0) is 55.7 Å². The molecule has 124 valence electrons. The van der Waals surface area contributed by atoms with Crippen LogP contribution in [-0.4, -0.2) is 14.3 Å². The molecule has 0 amide bonds. The first-order chi connectivity index (χ1) is 11.3. The molecule has 4 nitrogen and oxygen atoms in total. The van der Waals surface area contributed by atoms with E-state index >= 15 is 0 Å². The second-order valence-corrected chi connectivity index (χ2v) is 7.29. The first-order valence-electron chi connectivity index (χ1n) is 7.45. The van der Waals surface area contributed by atoms with Gasteiger partial charge in [0.1, 0.15) is 16.6 Å². The van der Waals surface area contributed by atoms with E-state index in [9.17, 15) is 12.8 Å². The van der Waals surface area contributed by atoms with Gasteiger partial charge < -0.3 is 5.32 Å². The van der Waals surface area contributed by atoms with Crippen molar-refractivity contribution in [1.29, 1.82) is 0 Å². The fourth-order valence-corrected chi connectivity index (χ4v) is 4.06. The highest BCUT2D eigenvalue weighted by Gasteiger charge is 2.31. The predicted octanol–water partition coefficient (Wildman–Crippen LogP) is 4.03. The van der Waals surface area contributed by atoms with Gasteiger partial charge in [0, 0.05) is 11.3 Å². The summed E-state index contributed by atoms with van der Waals surface area (Å²) in [5.74, 6) is -0.120. The zero-order valence-electron chi connectivity index (χ0n) is 13.6. The van der Waals surface area contributed by atoms with E-state index < -0.39 is 15.8 Å². The van der Waals surface area contributed by atoms with Gasteiger partial charge in [-0.1, -0.05) is 24.3 Å². The summed E-state index contributed by atoms with van der Waals surface area (Å²) in [6, 6.07) is 11.1. The third-order valence-electron chi connectivity index (χ3n) is 4.13. The summed E-state index contributed by atoms with van der Waals surface area (Å²) in [6.45, 7) is 5.64. The number of hydrogen-bond donors (Lipinski definition) is 1. The van der Waals surface area contributed by atoms with Gasteiger partial charge in [-0.15, -0.1) is 4.40 Å². The number of aryl methyl sites for hydroxylation is 1. The maximum absolute atomic E-state index is 13.1. The number of rotatable bonds is 2. The second kappa shape index (κ2) is 5.87. The number of sulfonamides is 1. The minimum Gasteiger partial charge on any atom is -0.339 e. The number of amidine groups is 1. The summed E-state index contributed by atoms with van der Waals surface area (Å²) >= 11 is 0. The Morgan fingerprint density at radius 2 is 1.67 bits per heavy atom. The number of halogens is 1. The molecule has 24 heavy (non-hydrogen) atoms. The highest BCUT2D eigenvalue weighted by molar-refractivity contribution is 8.00. The smallest absolute Gasteiger partial charge is 0.285 e. The Morgan fingerprint density at radius 3 is 2.33 bits per heavy atom. The molecule has 1 aliphatic rings. The van der Waals surface area contributed by atoms with Crippen molar-refractivity contribution in [3.8, 4) is 0 Å². The van der Waals surface area contributed by atoms with E-state index in [1.54, 1.807) is 6.92 Å². The summed E-state index contributed by atoms with van der Waals surface area (Å²) in [7, 11) is -3.81. The van der Waals surface area contributed by atoms with Crippen LogP contribution in [-0.2, 0) is 10.0 Å². The molecule has 0 spiro atoms.